The molecule has 0 saturated carbocycles. The number of nitrogens with one attached hydrogen (secondary N) is 1. The van der Waals surface area contributed by atoms with Gasteiger partial charge in [-0.25, -0.2) is 0 Å². The number of carbonyl (C=O) groups is 3. The predicted octanol–water partition coefficient (Wildman–Crippen LogP) is -0.453. The molecule has 18 heavy (non-hydrogen) atoms. The van der Waals surface area contributed by atoms with Gasteiger partial charge in [0.2, 0.25) is 5.91 Å². The van der Waals surface area contributed by atoms with Crippen LogP contribution in [0.3, 0.4) is 0 Å². The van der Waals surface area contributed by atoms with Crippen molar-refractivity contribution in [3.63, 3.8) is 0 Å². The molecule has 0 bridgehead atoms. The number of hydrogen-bond donors (Lipinski definition) is 2. The van der Waals surface area contributed by atoms with Gasteiger partial charge in [0.15, 0.2) is 0 Å². The molecule has 3 N–H and O–H groups in total. The minimum atomic E-state index is -0.249. The van der Waals surface area contributed by atoms with Gasteiger partial charge in [0.05, 0.1) is 0 Å². The third-order valence-electron chi connectivity index (χ3n) is 2.65. The first-order valence-corrected chi connectivity index (χ1v) is 6.15. The van der Waals surface area contributed by atoms with Gasteiger partial charge in [-0.3, -0.25) is 19.3 Å². The van der Waals surface area contributed by atoms with E-state index >= 15 is 0 Å². The Balaban J connectivity index is 2.04. The van der Waals surface area contributed by atoms with Crippen molar-refractivity contribution in [1.29, 1.82) is 0 Å². The number of rotatable bonds is 8. The van der Waals surface area contributed by atoms with Crippen LogP contribution in [-0.4, -0.2) is 42.3 Å². The van der Waals surface area contributed by atoms with Crippen molar-refractivity contribution in [3.05, 3.63) is 12.2 Å². The van der Waals surface area contributed by atoms with E-state index in [4.69, 9.17) is 5.73 Å². The molecule has 100 valence electrons. The monoisotopic (exact) mass is 253 g/mol. The second kappa shape index (κ2) is 7.60. The highest BCUT2D eigenvalue weighted by molar-refractivity contribution is 6.12. The summed E-state index contributed by atoms with van der Waals surface area (Å²) in [4.78, 5) is 34.9. The molecule has 0 saturated heterocycles. The Morgan fingerprint density at radius 2 is 1.83 bits per heavy atom. The van der Waals surface area contributed by atoms with Crippen LogP contribution in [0.2, 0.25) is 0 Å². The number of unbranched alkanes of at least 4 members (excludes halogenated alkanes) is 2. The van der Waals surface area contributed by atoms with Gasteiger partial charge in [0.1, 0.15) is 0 Å². The highest BCUT2D eigenvalue weighted by Crippen LogP contribution is 2.07. The molecule has 0 aromatic heterocycles. The van der Waals surface area contributed by atoms with Gasteiger partial charge in [0, 0.05) is 38.2 Å². The van der Waals surface area contributed by atoms with Crippen molar-refractivity contribution in [2.75, 3.05) is 19.6 Å². The zero-order chi connectivity index (χ0) is 13.4. The summed E-state index contributed by atoms with van der Waals surface area (Å²) >= 11 is 0. The van der Waals surface area contributed by atoms with Crippen LogP contribution >= 0.6 is 0 Å². The van der Waals surface area contributed by atoms with Crippen LogP contribution in [0.25, 0.3) is 0 Å². The van der Waals surface area contributed by atoms with Gasteiger partial charge in [0.25, 0.3) is 11.8 Å². The first-order chi connectivity index (χ1) is 8.65. The summed E-state index contributed by atoms with van der Waals surface area (Å²) in [5.74, 6) is -0.503. The zero-order valence-electron chi connectivity index (χ0n) is 10.4. The quantitative estimate of drug-likeness (QED) is 0.452. The van der Waals surface area contributed by atoms with Crippen molar-refractivity contribution < 1.29 is 14.4 Å². The second-order valence-corrected chi connectivity index (χ2v) is 4.11. The fourth-order valence-corrected chi connectivity index (χ4v) is 1.68. The number of nitrogens with zero attached hydrogens (tertiary/aromatic N) is 1. The molecule has 0 spiro atoms. The van der Waals surface area contributed by atoms with E-state index in [1.165, 1.54) is 17.1 Å². The lowest BCUT2D eigenvalue weighted by molar-refractivity contribution is -0.136. The molecule has 1 aliphatic heterocycles. The lowest BCUT2D eigenvalue weighted by atomic mass is 10.2. The highest BCUT2D eigenvalue weighted by atomic mass is 16.2. The average molecular weight is 253 g/mol. The van der Waals surface area contributed by atoms with Gasteiger partial charge in [-0.15, -0.1) is 0 Å². The summed E-state index contributed by atoms with van der Waals surface area (Å²) in [6.45, 7) is 1.37. The van der Waals surface area contributed by atoms with Gasteiger partial charge < -0.3 is 11.1 Å². The summed E-state index contributed by atoms with van der Waals surface area (Å²) in [5.41, 5.74) is 5.26. The number of carbonyl (C=O) groups excluding carboxylic acids is 3. The molecule has 1 aliphatic rings. The van der Waals surface area contributed by atoms with Crippen LogP contribution in [0.15, 0.2) is 12.2 Å². The molecular formula is C12H19N3O3. The molecule has 6 heteroatoms. The molecule has 0 aromatic carbocycles. The standard InChI is InChI=1S/C12H19N3O3/c13-7-8-14-10(16)4-2-1-3-9-15-11(17)5-6-12(15)18/h5-6H,1-4,7-9,13H2,(H,14,16). The third-order valence-corrected chi connectivity index (χ3v) is 2.65. The first kappa shape index (κ1) is 14.4. The van der Waals surface area contributed by atoms with Gasteiger partial charge in [-0.1, -0.05) is 6.42 Å². The van der Waals surface area contributed by atoms with E-state index in [-0.39, 0.29) is 17.7 Å². The minimum Gasteiger partial charge on any atom is -0.355 e. The molecule has 3 amide bonds. The Labute approximate surface area is 106 Å². The lowest BCUT2D eigenvalue weighted by Crippen LogP contribution is -2.31. The van der Waals surface area contributed by atoms with E-state index in [0.717, 1.165) is 19.3 Å². The van der Waals surface area contributed by atoms with Crippen molar-refractivity contribution in [1.82, 2.24) is 10.2 Å². The second-order valence-electron chi connectivity index (χ2n) is 4.11. The lowest BCUT2D eigenvalue weighted by Gasteiger charge is -2.12. The largest absolute Gasteiger partial charge is 0.355 e. The number of hydrogen-bond acceptors (Lipinski definition) is 4. The maximum absolute atomic E-state index is 11.2. The van der Waals surface area contributed by atoms with Crippen molar-refractivity contribution in [3.8, 4) is 0 Å². The number of nitrogens with two attached hydrogens (primary N) is 1. The smallest absolute Gasteiger partial charge is 0.253 e. The van der Waals surface area contributed by atoms with Crippen LogP contribution in [0, 0.1) is 0 Å². The minimum absolute atomic E-state index is 0.00422. The summed E-state index contributed by atoms with van der Waals surface area (Å²) in [7, 11) is 0. The first-order valence-electron chi connectivity index (χ1n) is 6.15. The molecule has 6 nitrogen and oxygen atoms in total. The van der Waals surface area contributed by atoms with E-state index in [1.54, 1.807) is 0 Å². The molecule has 0 unspecified atom stereocenters. The van der Waals surface area contributed by atoms with Gasteiger partial charge in [-0.05, 0) is 12.8 Å². The maximum atomic E-state index is 11.2. The Kier molecular flexibility index (Phi) is 6.07. The van der Waals surface area contributed by atoms with E-state index in [1.807, 2.05) is 0 Å². The Hall–Kier alpha value is -1.69. The predicted molar refractivity (Wildman–Crippen MR) is 66.4 cm³/mol. The van der Waals surface area contributed by atoms with E-state index < -0.39 is 0 Å². The average Bonchev–Trinajstić information content (AvgIpc) is 2.67. The fourth-order valence-electron chi connectivity index (χ4n) is 1.68. The van der Waals surface area contributed by atoms with Crippen LogP contribution in [-0.2, 0) is 14.4 Å². The topological polar surface area (TPSA) is 92.5 Å². The fraction of sp³-hybridized carbons (Fsp3) is 0.583. The summed E-state index contributed by atoms with van der Waals surface area (Å²) in [6, 6.07) is 0. The zero-order valence-corrected chi connectivity index (χ0v) is 10.4. The van der Waals surface area contributed by atoms with E-state index in [9.17, 15) is 14.4 Å². The normalized spacial score (nSPS) is 14.4. The molecule has 0 atom stereocenters. The highest BCUT2D eigenvalue weighted by Gasteiger charge is 2.22. The van der Waals surface area contributed by atoms with Crippen LogP contribution in [0.4, 0.5) is 0 Å². The Morgan fingerprint density at radius 3 is 2.44 bits per heavy atom. The van der Waals surface area contributed by atoms with Crippen molar-refractivity contribution >= 4 is 17.7 Å². The number of imide groups is 1. The maximum Gasteiger partial charge on any atom is 0.253 e. The Morgan fingerprint density at radius 1 is 1.17 bits per heavy atom. The summed E-state index contributed by atoms with van der Waals surface area (Å²) in [5, 5.41) is 2.69. The molecule has 0 radical (unpaired) electrons. The number of amides is 3. The van der Waals surface area contributed by atoms with E-state index in [0.29, 0.717) is 26.1 Å². The summed E-state index contributed by atoms with van der Waals surface area (Å²) < 4.78 is 0. The van der Waals surface area contributed by atoms with Crippen molar-refractivity contribution in [2.24, 2.45) is 5.73 Å². The van der Waals surface area contributed by atoms with Crippen molar-refractivity contribution in [2.45, 2.75) is 25.7 Å². The van der Waals surface area contributed by atoms with Gasteiger partial charge in [-0.2, -0.15) is 0 Å². The molecule has 1 heterocycles. The Bertz CT molecular complexity index is 334. The van der Waals surface area contributed by atoms with Crippen LogP contribution < -0.4 is 11.1 Å². The molecule has 0 fully saturated rings. The SMILES string of the molecule is NCCNC(=O)CCCCCN1C(=O)C=CC1=O. The van der Waals surface area contributed by atoms with Crippen LogP contribution in [0.1, 0.15) is 25.7 Å². The third kappa shape index (κ3) is 4.67. The molecular weight excluding hydrogens is 234 g/mol. The van der Waals surface area contributed by atoms with Crippen LogP contribution in [0.5, 0.6) is 0 Å². The molecule has 1 rings (SSSR count). The van der Waals surface area contributed by atoms with Gasteiger partial charge >= 0.3 is 0 Å². The summed E-state index contributed by atoms with van der Waals surface area (Å²) in [6.07, 6.45) is 5.31. The van der Waals surface area contributed by atoms with E-state index in [2.05, 4.69) is 5.32 Å². The molecule has 0 aromatic rings. The molecule has 0 aliphatic carbocycles.